The summed E-state index contributed by atoms with van der Waals surface area (Å²) in [7, 11) is 1.47. The number of para-hydroxylation sites is 1. The van der Waals surface area contributed by atoms with E-state index in [-0.39, 0.29) is 25.2 Å². The van der Waals surface area contributed by atoms with Gasteiger partial charge in [0.15, 0.2) is 0 Å². The van der Waals surface area contributed by atoms with Crippen molar-refractivity contribution in [1.29, 1.82) is 0 Å². The minimum Gasteiger partial charge on any atom is -0.488 e. The monoisotopic (exact) mass is 377 g/mol. The first-order chi connectivity index (χ1) is 12.5. The highest BCUT2D eigenvalue weighted by Crippen LogP contribution is 2.22. The highest BCUT2D eigenvalue weighted by molar-refractivity contribution is 6.31. The van der Waals surface area contributed by atoms with Crippen LogP contribution in [-0.4, -0.2) is 36.7 Å². The Hall–Kier alpha value is -2.57. The number of hydrogen-bond donors (Lipinski definition) is 2. The number of carboxylic acids is 1. The molecule has 138 valence electrons. The van der Waals surface area contributed by atoms with Crippen LogP contribution in [0.5, 0.6) is 5.75 Å². The molecule has 1 unspecified atom stereocenters. The lowest BCUT2D eigenvalue weighted by Crippen LogP contribution is -2.41. The molecule has 2 aromatic carbocycles. The van der Waals surface area contributed by atoms with Crippen molar-refractivity contribution in [2.75, 3.05) is 13.7 Å². The molecule has 2 aromatic rings. The summed E-state index contributed by atoms with van der Waals surface area (Å²) in [5, 5.41) is 12.3. The lowest BCUT2D eigenvalue weighted by atomic mass is 10.1. The Kier molecular flexibility index (Phi) is 7.44. The van der Waals surface area contributed by atoms with Crippen LogP contribution in [0.15, 0.2) is 48.5 Å². The van der Waals surface area contributed by atoms with Crippen molar-refractivity contribution in [1.82, 2.24) is 5.32 Å². The standard InChI is InChI=1S/C19H20ClNO5/c1-25-11-10-16(19(23)24)21-18(22)14-7-3-5-9-17(14)26-12-13-6-2-4-8-15(13)20/h2-9,16H,10-12H2,1H3,(H,21,22)(H,23,24). The van der Waals surface area contributed by atoms with Gasteiger partial charge in [-0.1, -0.05) is 41.9 Å². The van der Waals surface area contributed by atoms with E-state index in [1.165, 1.54) is 7.11 Å². The maximum atomic E-state index is 12.5. The van der Waals surface area contributed by atoms with Crippen LogP contribution in [0.4, 0.5) is 0 Å². The fraction of sp³-hybridized carbons (Fsp3) is 0.263. The number of carboxylic acid groups (broad SMARTS) is 1. The molecule has 26 heavy (non-hydrogen) atoms. The molecule has 0 aliphatic carbocycles. The number of benzene rings is 2. The third-order valence-corrected chi connectivity index (χ3v) is 4.06. The number of carbonyl (C=O) groups excluding carboxylic acids is 1. The summed E-state index contributed by atoms with van der Waals surface area (Å²) in [5.74, 6) is -1.30. The molecule has 6 nitrogen and oxygen atoms in total. The largest absolute Gasteiger partial charge is 0.488 e. The Bertz CT molecular complexity index is 765. The van der Waals surface area contributed by atoms with Gasteiger partial charge in [-0.3, -0.25) is 4.79 Å². The molecule has 0 saturated carbocycles. The number of amides is 1. The van der Waals surface area contributed by atoms with E-state index in [2.05, 4.69) is 5.32 Å². The van der Waals surface area contributed by atoms with E-state index in [9.17, 15) is 14.7 Å². The lowest BCUT2D eigenvalue weighted by molar-refractivity contribution is -0.139. The van der Waals surface area contributed by atoms with Crippen molar-refractivity contribution in [3.63, 3.8) is 0 Å². The van der Waals surface area contributed by atoms with Gasteiger partial charge in [0.25, 0.3) is 5.91 Å². The third kappa shape index (κ3) is 5.47. The molecule has 0 aliphatic rings. The van der Waals surface area contributed by atoms with Gasteiger partial charge in [0.1, 0.15) is 18.4 Å². The molecule has 0 heterocycles. The molecule has 0 spiro atoms. The molecular formula is C19H20ClNO5. The Morgan fingerprint density at radius 1 is 1.15 bits per heavy atom. The van der Waals surface area contributed by atoms with Crippen LogP contribution >= 0.6 is 11.6 Å². The number of aliphatic carboxylic acids is 1. The number of rotatable bonds is 9. The molecule has 0 radical (unpaired) electrons. The summed E-state index contributed by atoms with van der Waals surface area (Å²) in [6.07, 6.45) is 0.167. The van der Waals surface area contributed by atoms with Gasteiger partial charge in [0.2, 0.25) is 0 Å². The fourth-order valence-electron chi connectivity index (χ4n) is 2.28. The summed E-state index contributed by atoms with van der Waals surface area (Å²) in [5.41, 5.74) is 1.04. The molecule has 1 atom stereocenters. The number of hydrogen-bond acceptors (Lipinski definition) is 4. The van der Waals surface area contributed by atoms with Crippen LogP contribution < -0.4 is 10.1 Å². The molecule has 2 N–H and O–H groups in total. The smallest absolute Gasteiger partial charge is 0.326 e. The average molecular weight is 378 g/mol. The van der Waals surface area contributed by atoms with E-state index < -0.39 is 17.9 Å². The summed E-state index contributed by atoms with van der Waals surface area (Å²) < 4.78 is 10.6. The van der Waals surface area contributed by atoms with E-state index in [1.54, 1.807) is 30.3 Å². The molecule has 0 bridgehead atoms. The molecule has 0 saturated heterocycles. The molecule has 7 heteroatoms. The Morgan fingerprint density at radius 2 is 1.85 bits per heavy atom. The summed E-state index contributed by atoms with van der Waals surface area (Å²) in [6.45, 7) is 0.415. The SMILES string of the molecule is COCCC(NC(=O)c1ccccc1OCc1ccccc1Cl)C(=O)O. The van der Waals surface area contributed by atoms with Crippen LogP contribution in [0.3, 0.4) is 0 Å². The molecular weight excluding hydrogens is 358 g/mol. The van der Waals surface area contributed by atoms with E-state index in [4.69, 9.17) is 21.1 Å². The Morgan fingerprint density at radius 3 is 2.54 bits per heavy atom. The molecule has 1 amide bonds. The number of nitrogens with one attached hydrogen (secondary N) is 1. The Labute approximate surface area is 156 Å². The zero-order valence-electron chi connectivity index (χ0n) is 14.3. The maximum Gasteiger partial charge on any atom is 0.326 e. The van der Waals surface area contributed by atoms with Crippen LogP contribution in [0.25, 0.3) is 0 Å². The first kappa shape index (κ1) is 19.8. The number of halogens is 1. The first-order valence-electron chi connectivity index (χ1n) is 8.00. The summed E-state index contributed by atoms with van der Waals surface area (Å²) in [4.78, 5) is 23.8. The summed E-state index contributed by atoms with van der Waals surface area (Å²) >= 11 is 6.11. The van der Waals surface area contributed by atoms with Crippen molar-refractivity contribution in [3.8, 4) is 5.75 Å². The number of ether oxygens (including phenoxy) is 2. The lowest BCUT2D eigenvalue weighted by Gasteiger charge is -2.16. The van der Waals surface area contributed by atoms with Crippen molar-refractivity contribution in [3.05, 3.63) is 64.7 Å². The molecule has 0 aromatic heterocycles. The van der Waals surface area contributed by atoms with Crippen LogP contribution in [0.2, 0.25) is 5.02 Å². The Balaban J connectivity index is 2.10. The van der Waals surface area contributed by atoms with Gasteiger partial charge in [-0.15, -0.1) is 0 Å². The zero-order chi connectivity index (χ0) is 18.9. The number of methoxy groups -OCH3 is 1. The van der Waals surface area contributed by atoms with Crippen LogP contribution in [-0.2, 0) is 16.1 Å². The minimum absolute atomic E-state index is 0.167. The van der Waals surface area contributed by atoms with Crippen molar-refractivity contribution in [2.45, 2.75) is 19.1 Å². The van der Waals surface area contributed by atoms with Crippen LogP contribution in [0.1, 0.15) is 22.3 Å². The quantitative estimate of drug-likeness (QED) is 0.701. The maximum absolute atomic E-state index is 12.5. The first-order valence-corrected chi connectivity index (χ1v) is 8.38. The van der Waals surface area contributed by atoms with Crippen molar-refractivity contribution in [2.24, 2.45) is 0 Å². The molecule has 0 fully saturated rings. The van der Waals surface area contributed by atoms with Gasteiger partial charge < -0.3 is 19.9 Å². The second-order valence-corrected chi connectivity index (χ2v) is 5.93. The van der Waals surface area contributed by atoms with Gasteiger partial charge >= 0.3 is 5.97 Å². The van der Waals surface area contributed by atoms with Gasteiger partial charge in [-0.2, -0.15) is 0 Å². The number of carbonyl (C=O) groups is 2. The molecule has 0 aliphatic heterocycles. The van der Waals surface area contributed by atoms with E-state index in [1.807, 2.05) is 18.2 Å². The average Bonchev–Trinajstić information content (AvgIpc) is 2.64. The highest BCUT2D eigenvalue weighted by Gasteiger charge is 2.22. The van der Waals surface area contributed by atoms with Gasteiger partial charge in [-0.05, 0) is 18.2 Å². The van der Waals surface area contributed by atoms with Crippen LogP contribution in [0, 0.1) is 0 Å². The van der Waals surface area contributed by atoms with Gasteiger partial charge in [0.05, 0.1) is 5.56 Å². The second kappa shape index (κ2) is 9.79. The van der Waals surface area contributed by atoms with Gasteiger partial charge in [-0.25, -0.2) is 4.79 Å². The highest BCUT2D eigenvalue weighted by atomic mass is 35.5. The van der Waals surface area contributed by atoms with E-state index in [0.717, 1.165) is 5.56 Å². The predicted molar refractivity (Wildman–Crippen MR) is 97.6 cm³/mol. The summed E-state index contributed by atoms with van der Waals surface area (Å²) in [6, 6.07) is 12.8. The topological polar surface area (TPSA) is 84.9 Å². The predicted octanol–water partition coefficient (Wildman–Crippen LogP) is 3.14. The van der Waals surface area contributed by atoms with E-state index >= 15 is 0 Å². The second-order valence-electron chi connectivity index (χ2n) is 5.52. The van der Waals surface area contributed by atoms with E-state index in [0.29, 0.717) is 10.8 Å². The normalized spacial score (nSPS) is 11.6. The van der Waals surface area contributed by atoms with Gasteiger partial charge in [0, 0.05) is 30.7 Å². The minimum atomic E-state index is -1.12. The molecule has 2 rings (SSSR count). The zero-order valence-corrected chi connectivity index (χ0v) is 15.0. The van der Waals surface area contributed by atoms with Crippen molar-refractivity contribution >= 4 is 23.5 Å². The third-order valence-electron chi connectivity index (χ3n) is 3.69. The fourth-order valence-corrected chi connectivity index (χ4v) is 2.47. The van der Waals surface area contributed by atoms with Crippen molar-refractivity contribution < 1.29 is 24.2 Å².